The summed E-state index contributed by atoms with van der Waals surface area (Å²) in [4.78, 5) is 36.3. The van der Waals surface area contributed by atoms with E-state index >= 15 is 0 Å². The number of methoxy groups -OCH3 is 1. The second kappa shape index (κ2) is 8.85. The molecule has 4 rings (SSSR count). The third-order valence-corrected chi connectivity index (χ3v) is 5.38. The summed E-state index contributed by atoms with van der Waals surface area (Å²) in [6.07, 6.45) is 0.138. The summed E-state index contributed by atoms with van der Waals surface area (Å²) >= 11 is 0. The fraction of sp³-hybridized carbons (Fsp3) is 0.120. The molecule has 0 aliphatic heterocycles. The first-order valence-electron chi connectivity index (χ1n) is 10.0. The van der Waals surface area contributed by atoms with Gasteiger partial charge in [-0.15, -0.1) is 0 Å². The lowest BCUT2D eigenvalue weighted by atomic mass is 9.95. The van der Waals surface area contributed by atoms with Crippen LogP contribution in [-0.2, 0) is 16.0 Å². The number of ether oxygens (including phenoxy) is 1. The number of nitrogens with one attached hydrogen (secondary N) is 1. The number of carbonyl (C=O) groups is 2. The Kier molecular flexibility index (Phi) is 5.81. The Morgan fingerprint density at radius 2 is 1.50 bits per heavy atom. The molecule has 0 radical (unpaired) electrons. The minimum Gasteiger partial charge on any atom is -0.467 e. The molecule has 0 spiro atoms. The Morgan fingerprint density at radius 3 is 2.03 bits per heavy atom. The van der Waals surface area contributed by atoms with Gasteiger partial charge < -0.3 is 10.1 Å². The SMILES string of the molecule is COC(=O)[C@@H](Cc1ccc([N+](=O)[O-])cc1)NC(=O)c1c2ccccc2cc2ccccc12. The Bertz CT molecular complexity index is 1280. The van der Waals surface area contributed by atoms with Crippen LogP contribution in [0.3, 0.4) is 0 Å². The number of benzene rings is 4. The highest BCUT2D eigenvalue weighted by Crippen LogP contribution is 2.28. The molecule has 0 aliphatic rings. The molecule has 160 valence electrons. The van der Waals surface area contributed by atoms with Crippen LogP contribution in [0.5, 0.6) is 0 Å². The van der Waals surface area contributed by atoms with Crippen LogP contribution in [0, 0.1) is 10.1 Å². The smallest absolute Gasteiger partial charge is 0.328 e. The fourth-order valence-corrected chi connectivity index (χ4v) is 3.81. The Hall–Kier alpha value is -4.26. The third-order valence-electron chi connectivity index (χ3n) is 5.38. The van der Waals surface area contributed by atoms with Crippen molar-refractivity contribution in [1.29, 1.82) is 0 Å². The van der Waals surface area contributed by atoms with Gasteiger partial charge in [0.15, 0.2) is 0 Å². The van der Waals surface area contributed by atoms with E-state index in [0.717, 1.165) is 21.5 Å². The lowest BCUT2D eigenvalue weighted by Crippen LogP contribution is -2.43. The van der Waals surface area contributed by atoms with Crippen molar-refractivity contribution >= 4 is 39.1 Å². The van der Waals surface area contributed by atoms with E-state index in [1.165, 1.54) is 19.2 Å². The number of rotatable bonds is 6. The average molecular weight is 428 g/mol. The molecule has 0 unspecified atom stereocenters. The Labute approximate surface area is 183 Å². The Balaban J connectivity index is 1.70. The van der Waals surface area contributed by atoms with Gasteiger partial charge in [-0.25, -0.2) is 4.79 Å². The van der Waals surface area contributed by atoms with E-state index in [0.29, 0.717) is 11.1 Å². The van der Waals surface area contributed by atoms with Crippen LogP contribution in [0.4, 0.5) is 5.69 Å². The number of nitrogens with zero attached hydrogens (tertiary/aromatic N) is 1. The maximum absolute atomic E-state index is 13.4. The monoisotopic (exact) mass is 428 g/mol. The van der Waals surface area contributed by atoms with Gasteiger partial charge in [0.05, 0.1) is 17.6 Å². The molecule has 0 fully saturated rings. The Morgan fingerprint density at radius 1 is 0.938 bits per heavy atom. The number of amides is 1. The van der Waals surface area contributed by atoms with Crippen LogP contribution in [-0.4, -0.2) is 30.0 Å². The molecule has 4 aromatic carbocycles. The summed E-state index contributed by atoms with van der Waals surface area (Å²) in [5, 5.41) is 17.1. The molecular weight excluding hydrogens is 408 g/mol. The highest BCUT2D eigenvalue weighted by atomic mass is 16.6. The van der Waals surface area contributed by atoms with Crippen molar-refractivity contribution < 1.29 is 19.2 Å². The minimum absolute atomic E-state index is 0.0466. The number of nitro groups is 1. The zero-order chi connectivity index (χ0) is 22.7. The number of fused-ring (bicyclic) bond motifs is 2. The lowest BCUT2D eigenvalue weighted by Gasteiger charge is -2.18. The van der Waals surface area contributed by atoms with E-state index in [1.807, 2.05) is 54.6 Å². The van der Waals surface area contributed by atoms with Gasteiger partial charge in [-0.2, -0.15) is 0 Å². The van der Waals surface area contributed by atoms with Crippen molar-refractivity contribution in [1.82, 2.24) is 5.32 Å². The van der Waals surface area contributed by atoms with Crippen molar-refractivity contribution in [2.45, 2.75) is 12.5 Å². The maximum Gasteiger partial charge on any atom is 0.328 e. The van der Waals surface area contributed by atoms with Gasteiger partial charge in [0.2, 0.25) is 0 Å². The number of non-ortho nitro benzene ring substituents is 1. The molecule has 0 saturated heterocycles. The van der Waals surface area contributed by atoms with Crippen LogP contribution in [0.2, 0.25) is 0 Å². The second-order valence-corrected chi connectivity index (χ2v) is 7.37. The zero-order valence-corrected chi connectivity index (χ0v) is 17.3. The molecule has 1 N–H and O–H groups in total. The van der Waals surface area contributed by atoms with Crippen LogP contribution < -0.4 is 5.32 Å². The van der Waals surface area contributed by atoms with Gasteiger partial charge in [0, 0.05) is 18.6 Å². The highest BCUT2D eigenvalue weighted by molar-refractivity contribution is 6.18. The van der Waals surface area contributed by atoms with Crippen molar-refractivity contribution in [3.63, 3.8) is 0 Å². The molecule has 0 saturated carbocycles. The van der Waals surface area contributed by atoms with Gasteiger partial charge in [0.1, 0.15) is 6.04 Å². The first-order valence-corrected chi connectivity index (χ1v) is 10.0. The van der Waals surface area contributed by atoms with Crippen LogP contribution in [0.15, 0.2) is 78.9 Å². The normalized spacial score (nSPS) is 11.8. The number of esters is 1. The minimum atomic E-state index is -0.952. The fourth-order valence-electron chi connectivity index (χ4n) is 3.81. The van der Waals surface area contributed by atoms with E-state index in [4.69, 9.17) is 4.74 Å². The van der Waals surface area contributed by atoms with Crippen molar-refractivity contribution in [3.8, 4) is 0 Å². The molecule has 0 bridgehead atoms. The summed E-state index contributed by atoms with van der Waals surface area (Å²) in [5.74, 6) is -0.989. The average Bonchev–Trinajstić information content (AvgIpc) is 2.81. The second-order valence-electron chi connectivity index (χ2n) is 7.37. The van der Waals surface area contributed by atoms with Crippen molar-refractivity contribution in [2.75, 3.05) is 7.11 Å². The molecule has 7 heteroatoms. The zero-order valence-electron chi connectivity index (χ0n) is 17.3. The largest absolute Gasteiger partial charge is 0.467 e. The van der Waals surface area contributed by atoms with Gasteiger partial charge in [-0.05, 0) is 33.2 Å². The highest BCUT2D eigenvalue weighted by Gasteiger charge is 2.25. The first kappa shape index (κ1) is 21.0. The quantitative estimate of drug-likeness (QED) is 0.212. The number of nitro benzene ring substituents is 1. The summed E-state index contributed by atoms with van der Waals surface area (Å²) in [7, 11) is 1.25. The molecule has 0 heterocycles. The van der Waals surface area contributed by atoms with Gasteiger partial charge in [-0.3, -0.25) is 14.9 Å². The van der Waals surface area contributed by atoms with Gasteiger partial charge in [-0.1, -0.05) is 60.7 Å². The van der Waals surface area contributed by atoms with Crippen LogP contribution in [0.1, 0.15) is 15.9 Å². The topological polar surface area (TPSA) is 98.5 Å². The van der Waals surface area contributed by atoms with E-state index in [-0.39, 0.29) is 12.1 Å². The van der Waals surface area contributed by atoms with Crippen molar-refractivity contribution in [2.24, 2.45) is 0 Å². The van der Waals surface area contributed by atoms with E-state index < -0.39 is 22.8 Å². The van der Waals surface area contributed by atoms with Gasteiger partial charge in [0.25, 0.3) is 11.6 Å². The maximum atomic E-state index is 13.4. The summed E-state index contributed by atoms with van der Waals surface area (Å²) in [6.45, 7) is 0. The van der Waals surface area contributed by atoms with Crippen LogP contribution in [0.25, 0.3) is 21.5 Å². The molecule has 0 aromatic heterocycles. The lowest BCUT2D eigenvalue weighted by molar-refractivity contribution is -0.384. The summed E-state index contributed by atoms with van der Waals surface area (Å²) < 4.78 is 4.90. The predicted molar refractivity (Wildman–Crippen MR) is 122 cm³/mol. The van der Waals surface area contributed by atoms with Gasteiger partial charge >= 0.3 is 5.97 Å². The number of hydrogen-bond acceptors (Lipinski definition) is 5. The molecule has 7 nitrogen and oxygen atoms in total. The predicted octanol–water partition coefficient (Wildman–Crippen LogP) is 4.42. The molecule has 1 amide bonds. The van der Waals surface area contributed by atoms with Crippen molar-refractivity contribution in [3.05, 3.63) is 100 Å². The molecular formula is C25H20N2O5. The first-order chi connectivity index (χ1) is 15.5. The molecule has 1 atom stereocenters. The van der Waals surface area contributed by atoms with Crippen LogP contribution >= 0.6 is 0 Å². The molecule has 32 heavy (non-hydrogen) atoms. The summed E-state index contributed by atoms with van der Waals surface area (Å²) in [6, 6.07) is 22.1. The molecule has 0 aliphatic carbocycles. The van der Waals surface area contributed by atoms with E-state index in [1.54, 1.807) is 12.1 Å². The number of carbonyl (C=O) groups excluding carboxylic acids is 2. The standard InChI is InChI=1S/C25H20N2O5/c1-32-25(29)22(14-16-10-12-19(13-11-16)27(30)31)26-24(28)23-20-8-4-2-6-17(20)15-18-7-3-5-9-21(18)23/h2-13,15,22H,14H2,1H3,(H,26,28)/t22-/m1/s1. The third kappa shape index (κ3) is 4.13. The summed E-state index contributed by atoms with van der Waals surface area (Å²) in [5.41, 5.74) is 1.10. The number of hydrogen-bond donors (Lipinski definition) is 1. The van der Waals surface area contributed by atoms with E-state index in [9.17, 15) is 19.7 Å². The van der Waals surface area contributed by atoms with E-state index in [2.05, 4.69) is 5.32 Å². The molecule has 4 aromatic rings.